The number of allylic oxidation sites excluding steroid dienone is 1. The van der Waals surface area contributed by atoms with E-state index in [1.54, 1.807) is 0 Å². The lowest BCUT2D eigenvalue weighted by atomic mass is 9.99. The number of benzene rings is 2. The molecule has 0 atom stereocenters. The Balaban J connectivity index is 1.32. The van der Waals surface area contributed by atoms with Crippen LogP contribution in [0.15, 0.2) is 36.1 Å². The van der Waals surface area contributed by atoms with Crippen molar-refractivity contribution >= 4 is 11.9 Å². The van der Waals surface area contributed by atoms with E-state index in [0.29, 0.717) is 29.7 Å². The molecule has 0 saturated carbocycles. The van der Waals surface area contributed by atoms with Gasteiger partial charge in [0.1, 0.15) is 18.2 Å². The van der Waals surface area contributed by atoms with E-state index >= 15 is 0 Å². The number of carbonyl (C=O) groups is 1. The molecule has 0 unspecified atom stereocenters. The van der Waals surface area contributed by atoms with Crippen LogP contribution in [0.5, 0.6) is 11.5 Å². The monoisotopic (exact) mass is 448 g/mol. The fraction of sp³-hybridized carbons (Fsp3) is 0.444. The number of hydrogen-bond acceptors (Lipinski definition) is 6. The Bertz CT molecular complexity index is 1070. The van der Waals surface area contributed by atoms with Crippen molar-refractivity contribution in [3.63, 3.8) is 0 Å². The molecule has 174 valence electrons. The molecule has 33 heavy (non-hydrogen) atoms. The Kier molecular flexibility index (Phi) is 6.23. The lowest BCUT2D eigenvalue weighted by molar-refractivity contribution is 0.0239. The highest BCUT2D eigenvalue weighted by Gasteiger charge is 2.33. The van der Waals surface area contributed by atoms with Gasteiger partial charge in [-0.25, -0.2) is 0 Å². The second-order valence-electron chi connectivity index (χ2n) is 9.41. The van der Waals surface area contributed by atoms with Gasteiger partial charge in [-0.05, 0) is 36.1 Å². The number of ether oxygens (including phenoxy) is 3. The van der Waals surface area contributed by atoms with Crippen molar-refractivity contribution in [2.24, 2.45) is 0 Å². The zero-order valence-electron chi connectivity index (χ0n) is 19.7. The second kappa shape index (κ2) is 9.29. The van der Waals surface area contributed by atoms with Crippen LogP contribution in [0, 0.1) is 6.92 Å². The van der Waals surface area contributed by atoms with Crippen LogP contribution in [-0.2, 0) is 11.3 Å². The Morgan fingerprint density at radius 3 is 2.48 bits per heavy atom. The minimum atomic E-state index is -0.0609. The highest BCUT2D eigenvalue weighted by atomic mass is 16.5. The quantitative estimate of drug-likeness (QED) is 0.639. The van der Waals surface area contributed by atoms with Gasteiger partial charge in [-0.1, -0.05) is 38.1 Å². The number of Topliss-reactive ketones (excluding diaryl/α,β-unsaturated/α-hetero) is 1. The van der Waals surface area contributed by atoms with Gasteiger partial charge in [0.25, 0.3) is 0 Å². The van der Waals surface area contributed by atoms with Crippen molar-refractivity contribution in [2.75, 3.05) is 46.1 Å². The van der Waals surface area contributed by atoms with Crippen molar-refractivity contribution in [3.05, 3.63) is 63.9 Å². The van der Waals surface area contributed by atoms with Crippen LogP contribution in [0.4, 0.5) is 0 Å². The third-order valence-corrected chi connectivity index (χ3v) is 6.74. The highest BCUT2D eigenvalue weighted by molar-refractivity contribution is 6.15. The molecule has 5 rings (SSSR count). The maximum atomic E-state index is 13.2. The van der Waals surface area contributed by atoms with Crippen molar-refractivity contribution in [1.29, 1.82) is 0 Å². The van der Waals surface area contributed by atoms with Crippen LogP contribution in [0.2, 0.25) is 0 Å². The van der Waals surface area contributed by atoms with E-state index in [1.165, 1.54) is 5.56 Å². The summed E-state index contributed by atoms with van der Waals surface area (Å²) in [6.45, 7) is 13.2. The largest absolute Gasteiger partial charge is 0.477 e. The van der Waals surface area contributed by atoms with Gasteiger partial charge >= 0.3 is 0 Å². The Labute approximate surface area is 195 Å². The predicted molar refractivity (Wildman–Crippen MR) is 128 cm³/mol. The van der Waals surface area contributed by atoms with E-state index < -0.39 is 0 Å². The molecule has 1 saturated heterocycles. The lowest BCUT2D eigenvalue weighted by Gasteiger charge is -2.33. The predicted octanol–water partition coefficient (Wildman–Crippen LogP) is 4.22. The summed E-state index contributed by atoms with van der Waals surface area (Å²) >= 11 is 0. The first-order valence-corrected chi connectivity index (χ1v) is 11.9. The maximum absolute atomic E-state index is 13.2. The SMILES string of the molecule is Cc1c2c(cc3c1O/C(=C\c1ccc(C(C)C)cc1)C3=O)CN(CCN1CCOCC1)CO2. The van der Waals surface area contributed by atoms with Gasteiger partial charge < -0.3 is 14.2 Å². The number of ketones is 1. The average molecular weight is 449 g/mol. The van der Waals surface area contributed by atoms with Crippen LogP contribution in [0.3, 0.4) is 0 Å². The number of rotatable bonds is 5. The van der Waals surface area contributed by atoms with E-state index in [4.69, 9.17) is 14.2 Å². The zero-order valence-corrected chi connectivity index (χ0v) is 19.7. The summed E-state index contributed by atoms with van der Waals surface area (Å²) in [5, 5.41) is 0. The summed E-state index contributed by atoms with van der Waals surface area (Å²) in [6, 6.07) is 10.2. The highest BCUT2D eigenvalue weighted by Crippen LogP contribution is 2.43. The van der Waals surface area contributed by atoms with Crippen LogP contribution in [0.1, 0.15) is 52.4 Å². The summed E-state index contributed by atoms with van der Waals surface area (Å²) in [5.74, 6) is 2.27. The summed E-state index contributed by atoms with van der Waals surface area (Å²) in [7, 11) is 0. The number of nitrogens with zero attached hydrogens (tertiary/aromatic N) is 2. The molecule has 3 aliphatic rings. The fourth-order valence-corrected chi connectivity index (χ4v) is 4.68. The standard InChI is InChI=1S/C27H32N2O4/c1-18(2)21-6-4-20(5-7-21)14-24-25(30)23-15-22-16-29(9-8-28-10-12-31-13-11-28)17-32-26(22)19(3)27(23)33-24/h4-7,14-15,18H,8-13,16-17H2,1-3H3/b24-14-. The topological polar surface area (TPSA) is 51.2 Å². The minimum Gasteiger partial charge on any atom is -0.477 e. The van der Waals surface area contributed by atoms with Gasteiger partial charge in [0.05, 0.1) is 18.8 Å². The van der Waals surface area contributed by atoms with Gasteiger partial charge in [0, 0.05) is 43.9 Å². The average Bonchev–Trinajstić information content (AvgIpc) is 3.14. The third-order valence-electron chi connectivity index (χ3n) is 6.74. The van der Waals surface area contributed by atoms with E-state index in [0.717, 1.165) is 68.4 Å². The lowest BCUT2D eigenvalue weighted by Crippen LogP contribution is -2.43. The third kappa shape index (κ3) is 4.56. The van der Waals surface area contributed by atoms with E-state index in [9.17, 15) is 4.79 Å². The maximum Gasteiger partial charge on any atom is 0.231 e. The molecule has 1 fully saturated rings. The first-order valence-electron chi connectivity index (χ1n) is 11.9. The summed E-state index contributed by atoms with van der Waals surface area (Å²) in [5.41, 5.74) is 4.83. The van der Waals surface area contributed by atoms with Crippen molar-refractivity contribution in [1.82, 2.24) is 9.80 Å². The number of carbonyl (C=O) groups excluding carboxylic acids is 1. The molecule has 0 spiro atoms. The summed E-state index contributed by atoms with van der Waals surface area (Å²) in [4.78, 5) is 17.9. The van der Waals surface area contributed by atoms with E-state index in [1.807, 2.05) is 31.2 Å². The normalized spacial score (nSPS) is 20.0. The number of fused-ring (bicyclic) bond motifs is 2. The fourth-order valence-electron chi connectivity index (χ4n) is 4.68. The molecule has 0 bridgehead atoms. The molecular weight excluding hydrogens is 416 g/mol. The molecule has 6 nitrogen and oxygen atoms in total. The Morgan fingerprint density at radius 1 is 1.03 bits per heavy atom. The summed E-state index contributed by atoms with van der Waals surface area (Å²) < 4.78 is 17.6. The molecule has 0 aromatic heterocycles. The van der Waals surface area contributed by atoms with Crippen LogP contribution in [0.25, 0.3) is 6.08 Å². The molecule has 3 aliphatic heterocycles. The van der Waals surface area contributed by atoms with Gasteiger partial charge in [-0.15, -0.1) is 0 Å². The zero-order chi connectivity index (χ0) is 22.9. The van der Waals surface area contributed by atoms with Gasteiger partial charge in [0.2, 0.25) is 5.78 Å². The second-order valence-corrected chi connectivity index (χ2v) is 9.41. The molecule has 3 heterocycles. The first-order chi connectivity index (χ1) is 16.0. The summed E-state index contributed by atoms with van der Waals surface area (Å²) in [6.07, 6.45) is 1.83. The molecule has 6 heteroatoms. The molecule has 2 aromatic carbocycles. The molecule has 2 aromatic rings. The van der Waals surface area contributed by atoms with Gasteiger partial charge in [0.15, 0.2) is 5.76 Å². The Hall–Kier alpha value is -2.67. The molecular formula is C27H32N2O4. The van der Waals surface area contributed by atoms with Gasteiger partial charge in [-0.3, -0.25) is 14.6 Å². The van der Waals surface area contributed by atoms with E-state index in [2.05, 4.69) is 35.8 Å². The Morgan fingerprint density at radius 2 is 1.76 bits per heavy atom. The van der Waals surface area contributed by atoms with E-state index in [-0.39, 0.29) is 5.78 Å². The minimum absolute atomic E-state index is 0.0609. The number of morpholine rings is 1. The molecule has 0 radical (unpaired) electrons. The molecule has 0 amide bonds. The van der Waals surface area contributed by atoms with Crippen molar-refractivity contribution < 1.29 is 19.0 Å². The van der Waals surface area contributed by atoms with Crippen LogP contribution in [-0.4, -0.2) is 61.7 Å². The van der Waals surface area contributed by atoms with Gasteiger partial charge in [-0.2, -0.15) is 0 Å². The first kappa shape index (κ1) is 22.1. The molecule has 0 aliphatic carbocycles. The number of hydrogen-bond donors (Lipinski definition) is 0. The van der Waals surface area contributed by atoms with Crippen LogP contribution >= 0.6 is 0 Å². The van der Waals surface area contributed by atoms with Crippen LogP contribution < -0.4 is 9.47 Å². The van der Waals surface area contributed by atoms with Crippen molar-refractivity contribution in [2.45, 2.75) is 33.2 Å². The smallest absolute Gasteiger partial charge is 0.231 e. The van der Waals surface area contributed by atoms with Crippen molar-refractivity contribution in [3.8, 4) is 11.5 Å². The molecule has 0 N–H and O–H groups in total.